The van der Waals surface area contributed by atoms with Crippen LogP contribution in [0, 0.1) is 5.92 Å². The Morgan fingerprint density at radius 1 is 1.10 bits per heavy atom. The van der Waals surface area contributed by atoms with Crippen molar-refractivity contribution in [1.29, 1.82) is 0 Å². The molecular formula is C15H33N3O2S. The van der Waals surface area contributed by atoms with E-state index in [1.807, 2.05) is 0 Å². The Balaban J connectivity index is 2.15. The van der Waals surface area contributed by atoms with Crippen molar-refractivity contribution in [1.82, 2.24) is 14.3 Å². The Morgan fingerprint density at radius 3 is 2.48 bits per heavy atom. The fraction of sp³-hybridized carbons (Fsp3) is 1.00. The Labute approximate surface area is 131 Å². The number of hydrogen-bond donors (Lipinski definition) is 2. The summed E-state index contributed by atoms with van der Waals surface area (Å²) in [6, 6.07) is 0. The van der Waals surface area contributed by atoms with E-state index in [0.717, 1.165) is 32.4 Å². The van der Waals surface area contributed by atoms with Gasteiger partial charge in [0.2, 0.25) is 0 Å². The lowest BCUT2D eigenvalue weighted by atomic mass is 9.87. The van der Waals surface area contributed by atoms with Crippen LogP contribution in [0.5, 0.6) is 0 Å². The van der Waals surface area contributed by atoms with Gasteiger partial charge in [-0.1, -0.05) is 39.0 Å². The molecule has 6 heteroatoms. The molecule has 0 aromatic carbocycles. The van der Waals surface area contributed by atoms with Gasteiger partial charge in [-0.25, -0.2) is 4.72 Å². The van der Waals surface area contributed by atoms with Gasteiger partial charge in [0.1, 0.15) is 0 Å². The Kier molecular flexibility index (Phi) is 9.47. The summed E-state index contributed by atoms with van der Waals surface area (Å²) in [5.74, 6) is 0.713. The van der Waals surface area contributed by atoms with E-state index in [9.17, 15) is 8.42 Å². The van der Waals surface area contributed by atoms with Crippen molar-refractivity contribution in [2.45, 2.75) is 58.3 Å². The van der Waals surface area contributed by atoms with Crippen molar-refractivity contribution >= 4 is 10.2 Å². The molecule has 0 unspecified atom stereocenters. The van der Waals surface area contributed by atoms with Gasteiger partial charge < -0.3 is 5.32 Å². The van der Waals surface area contributed by atoms with E-state index in [0.29, 0.717) is 19.0 Å². The zero-order valence-corrected chi connectivity index (χ0v) is 14.6. The first-order valence-electron chi connectivity index (χ1n) is 8.48. The van der Waals surface area contributed by atoms with Crippen molar-refractivity contribution < 1.29 is 8.42 Å². The Morgan fingerprint density at radius 2 is 1.81 bits per heavy atom. The molecule has 1 aliphatic carbocycles. The topological polar surface area (TPSA) is 61.4 Å². The number of nitrogens with one attached hydrogen (secondary N) is 2. The molecule has 1 aliphatic rings. The van der Waals surface area contributed by atoms with Gasteiger partial charge in [0.25, 0.3) is 10.2 Å². The van der Waals surface area contributed by atoms with Gasteiger partial charge in [-0.15, -0.1) is 0 Å². The zero-order valence-electron chi connectivity index (χ0n) is 13.7. The smallest absolute Gasteiger partial charge is 0.279 e. The highest BCUT2D eigenvalue weighted by atomic mass is 32.2. The summed E-state index contributed by atoms with van der Waals surface area (Å²) in [5.41, 5.74) is 0. The summed E-state index contributed by atoms with van der Waals surface area (Å²) in [6.07, 6.45) is 9.42. The fourth-order valence-corrected chi connectivity index (χ4v) is 3.79. The van der Waals surface area contributed by atoms with Crippen LogP contribution in [0.3, 0.4) is 0 Å². The van der Waals surface area contributed by atoms with E-state index >= 15 is 0 Å². The molecule has 1 fully saturated rings. The average molecular weight is 320 g/mol. The summed E-state index contributed by atoms with van der Waals surface area (Å²) >= 11 is 0. The SMILES string of the molecule is CCCNCCCN(C)S(=O)(=O)NCCC1CCCCC1. The van der Waals surface area contributed by atoms with Crippen molar-refractivity contribution in [3.05, 3.63) is 0 Å². The third-order valence-corrected chi connectivity index (χ3v) is 5.80. The lowest BCUT2D eigenvalue weighted by Gasteiger charge is -2.22. The van der Waals surface area contributed by atoms with Crippen LogP contribution in [0.4, 0.5) is 0 Å². The van der Waals surface area contributed by atoms with Gasteiger partial charge in [0.05, 0.1) is 0 Å². The molecule has 0 atom stereocenters. The molecule has 126 valence electrons. The molecule has 0 aromatic rings. The summed E-state index contributed by atoms with van der Waals surface area (Å²) in [4.78, 5) is 0. The van der Waals surface area contributed by atoms with Gasteiger partial charge in [0, 0.05) is 20.1 Å². The normalized spacial score (nSPS) is 17.5. The molecule has 0 saturated heterocycles. The van der Waals surface area contributed by atoms with Gasteiger partial charge in [-0.2, -0.15) is 12.7 Å². The minimum atomic E-state index is -3.30. The van der Waals surface area contributed by atoms with Crippen LogP contribution < -0.4 is 10.0 Å². The third-order valence-electron chi connectivity index (χ3n) is 4.23. The second-order valence-electron chi connectivity index (χ2n) is 6.12. The van der Waals surface area contributed by atoms with Crippen molar-refractivity contribution in [2.24, 2.45) is 5.92 Å². The highest BCUT2D eigenvalue weighted by Gasteiger charge is 2.18. The van der Waals surface area contributed by atoms with Gasteiger partial charge >= 0.3 is 0 Å². The molecule has 21 heavy (non-hydrogen) atoms. The number of rotatable bonds is 11. The number of hydrogen-bond acceptors (Lipinski definition) is 3. The van der Waals surface area contributed by atoms with Crippen molar-refractivity contribution in [3.63, 3.8) is 0 Å². The van der Waals surface area contributed by atoms with E-state index in [1.54, 1.807) is 7.05 Å². The summed E-state index contributed by atoms with van der Waals surface area (Å²) in [7, 11) is -1.64. The van der Waals surface area contributed by atoms with E-state index in [2.05, 4.69) is 17.0 Å². The summed E-state index contributed by atoms with van der Waals surface area (Å²) in [6.45, 7) is 5.13. The second-order valence-corrected chi connectivity index (χ2v) is 7.98. The van der Waals surface area contributed by atoms with Crippen LogP contribution >= 0.6 is 0 Å². The van der Waals surface area contributed by atoms with Crippen molar-refractivity contribution in [2.75, 3.05) is 33.2 Å². The third kappa shape index (κ3) is 8.14. The van der Waals surface area contributed by atoms with Gasteiger partial charge in [0.15, 0.2) is 0 Å². The first-order chi connectivity index (χ1) is 10.1. The van der Waals surface area contributed by atoms with Gasteiger partial charge in [-0.3, -0.25) is 0 Å². The maximum atomic E-state index is 12.1. The lowest BCUT2D eigenvalue weighted by molar-refractivity contribution is 0.338. The van der Waals surface area contributed by atoms with Crippen LogP contribution in [0.15, 0.2) is 0 Å². The van der Waals surface area contributed by atoms with Crippen LogP contribution in [-0.4, -0.2) is 45.9 Å². The lowest BCUT2D eigenvalue weighted by Crippen LogP contribution is -2.40. The van der Waals surface area contributed by atoms with Crippen LogP contribution in [0.1, 0.15) is 58.3 Å². The molecule has 0 radical (unpaired) electrons. The standard InChI is InChI=1S/C15H33N3O2S/c1-3-11-16-12-7-14-18(2)21(19,20)17-13-10-15-8-5-4-6-9-15/h15-17H,3-14H2,1-2H3. The maximum Gasteiger partial charge on any atom is 0.279 e. The Bertz CT molecular complexity index is 354. The molecule has 0 aromatic heterocycles. The average Bonchev–Trinajstić information content (AvgIpc) is 2.47. The second kappa shape index (κ2) is 10.5. The summed E-state index contributed by atoms with van der Waals surface area (Å²) in [5, 5.41) is 3.29. The fourth-order valence-electron chi connectivity index (χ4n) is 2.83. The molecule has 0 heterocycles. The van der Waals surface area contributed by atoms with E-state index < -0.39 is 10.2 Å². The first-order valence-corrected chi connectivity index (χ1v) is 9.92. The molecule has 0 amide bonds. The van der Waals surface area contributed by atoms with E-state index in [-0.39, 0.29) is 0 Å². The first kappa shape index (κ1) is 18.9. The molecule has 5 nitrogen and oxygen atoms in total. The predicted molar refractivity (Wildman–Crippen MR) is 88.5 cm³/mol. The molecule has 1 rings (SSSR count). The van der Waals surface area contributed by atoms with Crippen LogP contribution in [0.25, 0.3) is 0 Å². The minimum absolute atomic E-state index is 0.565. The Hall–Kier alpha value is -0.170. The van der Waals surface area contributed by atoms with Crippen LogP contribution in [0.2, 0.25) is 0 Å². The zero-order chi connectivity index (χ0) is 15.6. The van der Waals surface area contributed by atoms with Crippen molar-refractivity contribution in [3.8, 4) is 0 Å². The van der Waals surface area contributed by atoms with Crippen LogP contribution in [-0.2, 0) is 10.2 Å². The largest absolute Gasteiger partial charge is 0.317 e. The quantitative estimate of drug-likeness (QED) is 0.573. The minimum Gasteiger partial charge on any atom is -0.317 e. The predicted octanol–water partition coefficient (Wildman–Crippen LogP) is 2.11. The van der Waals surface area contributed by atoms with Gasteiger partial charge in [-0.05, 0) is 38.3 Å². The highest BCUT2D eigenvalue weighted by molar-refractivity contribution is 7.87. The molecular weight excluding hydrogens is 286 g/mol. The molecule has 1 saturated carbocycles. The maximum absolute atomic E-state index is 12.1. The molecule has 0 spiro atoms. The molecule has 0 aliphatic heterocycles. The molecule has 0 bridgehead atoms. The highest BCUT2D eigenvalue weighted by Crippen LogP contribution is 2.25. The van der Waals surface area contributed by atoms with E-state index in [4.69, 9.17) is 0 Å². The number of nitrogens with zero attached hydrogens (tertiary/aromatic N) is 1. The van der Waals surface area contributed by atoms with E-state index in [1.165, 1.54) is 36.4 Å². The summed E-state index contributed by atoms with van der Waals surface area (Å²) < 4.78 is 28.3. The monoisotopic (exact) mass is 319 g/mol. The molecule has 2 N–H and O–H groups in total.